The summed E-state index contributed by atoms with van der Waals surface area (Å²) in [5.41, 5.74) is 0.902. The maximum absolute atomic E-state index is 12.3. The predicted octanol–water partition coefficient (Wildman–Crippen LogP) is 3.64. The molecule has 0 aliphatic rings. The largest absolute Gasteiger partial charge is 0.302 e. The monoisotopic (exact) mass is 333 g/mol. The highest BCUT2D eigenvalue weighted by Crippen LogP contribution is 2.35. The fourth-order valence-electron chi connectivity index (χ4n) is 1.52. The second-order valence-electron chi connectivity index (χ2n) is 3.72. The molecule has 3 nitrogen and oxygen atoms in total. The van der Waals surface area contributed by atoms with Crippen LogP contribution in [-0.2, 0) is 21.3 Å². The minimum atomic E-state index is -1.40. The topological polar surface area (TPSA) is 47.0 Å². The molecule has 0 aliphatic carbocycles. The number of nitrogens with zero attached hydrogens (tertiary/aromatic N) is 1. The Balaban J connectivity index is 2.21. The van der Waals surface area contributed by atoms with Gasteiger partial charge in [0.05, 0.1) is 9.90 Å². The number of hydrogen-bond acceptors (Lipinski definition) is 4. The van der Waals surface area contributed by atoms with Gasteiger partial charge in [0.2, 0.25) is 0 Å². The molecule has 100 valence electrons. The average molecular weight is 334 g/mol. The summed E-state index contributed by atoms with van der Waals surface area (Å²) in [5.74, 6) is 0.288. The van der Waals surface area contributed by atoms with Crippen molar-refractivity contribution >= 4 is 51.8 Å². The summed E-state index contributed by atoms with van der Waals surface area (Å²) in [7, 11) is -1.40. The van der Waals surface area contributed by atoms with Crippen LogP contribution in [0.5, 0.6) is 0 Å². The zero-order valence-corrected chi connectivity index (χ0v) is 12.7. The molecule has 1 aromatic heterocycles. The molecule has 7 heteroatoms. The normalized spacial score (nSPS) is 14.0. The molecule has 1 heterocycles. The first-order valence-corrected chi connectivity index (χ1v) is 8.21. The molecule has 0 N–H and O–H groups in total. The van der Waals surface area contributed by atoms with Gasteiger partial charge in [0, 0.05) is 16.6 Å². The molecule has 0 saturated carbocycles. The van der Waals surface area contributed by atoms with Crippen molar-refractivity contribution in [3.63, 3.8) is 0 Å². The van der Waals surface area contributed by atoms with Crippen LogP contribution in [0, 0.1) is 0 Å². The van der Waals surface area contributed by atoms with Crippen molar-refractivity contribution in [3.8, 4) is 0 Å². The molecule has 19 heavy (non-hydrogen) atoms. The Labute approximate surface area is 127 Å². The van der Waals surface area contributed by atoms with Crippen LogP contribution < -0.4 is 0 Å². The summed E-state index contributed by atoms with van der Waals surface area (Å²) in [6, 6.07) is 9.32. The van der Waals surface area contributed by atoms with E-state index in [2.05, 4.69) is 4.37 Å². The molecule has 2 atom stereocenters. The lowest BCUT2D eigenvalue weighted by molar-refractivity contribution is -0.107. The molecule has 0 spiro atoms. The van der Waals surface area contributed by atoms with Crippen molar-refractivity contribution in [2.75, 3.05) is 0 Å². The highest BCUT2D eigenvalue weighted by Gasteiger charge is 2.25. The number of aromatic nitrogens is 1. The van der Waals surface area contributed by atoms with Crippen molar-refractivity contribution in [2.45, 2.75) is 11.0 Å². The maximum atomic E-state index is 12.3. The summed E-state index contributed by atoms with van der Waals surface area (Å²) >= 11 is 12.7. The molecule has 0 fully saturated rings. The van der Waals surface area contributed by atoms with Gasteiger partial charge < -0.3 is 4.79 Å². The van der Waals surface area contributed by atoms with E-state index >= 15 is 0 Å². The number of rotatable bonds is 5. The van der Waals surface area contributed by atoms with Gasteiger partial charge >= 0.3 is 0 Å². The Morgan fingerprint density at radius 1 is 1.32 bits per heavy atom. The third kappa shape index (κ3) is 3.42. The van der Waals surface area contributed by atoms with E-state index in [4.69, 9.17) is 23.2 Å². The first-order chi connectivity index (χ1) is 9.13. The van der Waals surface area contributed by atoms with E-state index in [1.807, 2.05) is 30.3 Å². The van der Waals surface area contributed by atoms with Crippen LogP contribution in [-0.4, -0.2) is 14.9 Å². The Bertz CT molecular complexity index is 601. The third-order valence-electron chi connectivity index (χ3n) is 2.44. The second-order valence-corrected chi connectivity index (χ2v) is 6.82. The van der Waals surface area contributed by atoms with Crippen LogP contribution in [0.2, 0.25) is 10.2 Å². The number of aldehydes is 1. The first-order valence-electron chi connectivity index (χ1n) is 5.30. The summed E-state index contributed by atoms with van der Waals surface area (Å²) in [6.07, 6.45) is 0.634. The molecular formula is C12H9Cl2NO2S2. The molecule has 0 aliphatic heterocycles. The predicted molar refractivity (Wildman–Crippen MR) is 79.2 cm³/mol. The molecule has 0 amide bonds. The van der Waals surface area contributed by atoms with E-state index in [1.54, 1.807) is 0 Å². The van der Waals surface area contributed by atoms with Crippen LogP contribution in [0.4, 0.5) is 0 Å². The molecule has 2 aromatic rings. The maximum Gasteiger partial charge on any atom is 0.161 e. The molecule has 0 bridgehead atoms. The molecule has 1 aromatic carbocycles. The lowest BCUT2D eigenvalue weighted by atomic mass is 10.2. The second kappa shape index (κ2) is 6.61. The van der Waals surface area contributed by atoms with Crippen LogP contribution in [0.15, 0.2) is 30.3 Å². The summed E-state index contributed by atoms with van der Waals surface area (Å²) < 4.78 is 16.1. The fraction of sp³-hybridized carbons (Fsp3) is 0.167. The number of halogens is 2. The van der Waals surface area contributed by atoms with Crippen LogP contribution >= 0.6 is 34.7 Å². The standard InChI is InChI=1S/C12H9Cl2NO2S2/c13-10-11(18-15-12(10)14)9(6-16)19(17)7-8-4-2-1-3-5-8/h1-6,9H,7H2. The molecular weight excluding hydrogens is 325 g/mol. The van der Waals surface area contributed by atoms with Gasteiger partial charge in [-0.15, -0.1) is 0 Å². The number of carbonyl (C=O) groups is 1. The quantitative estimate of drug-likeness (QED) is 0.785. The van der Waals surface area contributed by atoms with Gasteiger partial charge in [-0.25, -0.2) is 0 Å². The average Bonchev–Trinajstić information content (AvgIpc) is 2.73. The van der Waals surface area contributed by atoms with Crippen molar-refractivity contribution in [3.05, 3.63) is 50.9 Å². The zero-order chi connectivity index (χ0) is 13.8. The minimum absolute atomic E-state index is 0.144. The Hall–Kier alpha value is -0.750. The smallest absolute Gasteiger partial charge is 0.161 e. The Kier molecular flexibility index (Phi) is 5.10. The molecule has 0 radical (unpaired) electrons. The highest BCUT2D eigenvalue weighted by molar-refractivity contribution is 7.85. The third-order valence-corrected chi connectivity index (χ3v) is 6.01. The summed E-state index contributed by atoms with van der Waals surface area (Å²) in [6.45, 7) is 0. The van der Waals surface area contributed by atoms with Gasteiger partial charge in [-0.05, 0) is 17.1 Å². The number of benzene rings is 1. The molecule has 2 unspecified atom stereocenters. The van der Waals surface area contributed by atoms with Crippen molar-refractivity contribution in [1.29, 1.82) is 0 Å². The summed E-state index contributed by atoms with van der Waals surface area (Å²) in [4.78, 5) is 11.6. The highest BCUT2D eigenvalue weighted by atomic mass is 35.5. The van der Waals surface area contributed by atoms with E-state index in [0.29, 0.717) is 11.2 Å². The van der Waals surface area contributed by atoms with Gasteiger partial charge in [-0.1, -0.05) is 53.5 Å². The van der Waals surface area contributed by atoms with Crippen LogP contribution in [0.1, 0.15) is 15.7 Å². The van der Waals surface area contributed by atoms with E-state index in [0.717, 1.165) is 17.1 Å². The summed E-state index contributed by atoms with van der Waals surface area (Å²) in [5, 5.41) is -0.437. The molecule has 0 saturated heterocycles. The first kappa shape index (κ1) is 14.7. The van der Waals surface area contributed by atoms with Crippen LogP contribution in [0.25, 0.3) is 0 Å². The van der Waals surface area contributed by atoms with Gasteiger partial charge in [-0.2, -0.15) is 4.37 Å². The van der Waals surface area contributed by atoms with Crippen molar-refractivity contribution < 1.29 is 9.00 Å². The van der Waals surface area contributed by atoms with Crippen molar-refractivity contribution in [1.82, 2.24) is 4.37 Å². The SMILES string of the molecule is O=CC(c1snc(Cl)c1Cl)S(=O)Cc1ccccc1. The van der Waals surface area contributed by atoms with Gasteiger partial charge in [-0.3, -0.25) is 4.21 Å². The van der Waals surface area contributed by atoms with E-state index in [9.17, 15) is 9.00 Å². The van der Waals surface area contributed by atoms with Gasteiger partial charge in [0.1, 0.15) is 11.5 Å². The zero-order valence-electron chi connectivity index (χ0n) is 9.58. The van der Waals surface area contributed by atoms with Crippen LogP contribution in [0.3, 0.4) is 0 Å². The van der Waals surface area contributed by atoms with E-state index < -0.39 is 16.0 Å². The van der Waals surface area contributed by atoms with Gasteiger partial charge in [0.15, 0.2) is 5.15 Å². The van der Waals surface area contributed by atoms with Gasteiger partial charge in [0.25, 0.3) is 0 Å². The molecule has 2 rings (SSSR count). The lowest BCUT2D eigenvalue weighted by Gasteiger charge is -2.08. The lowest BCUT2D eigenvalue weighted by Crippen LogP contribution is -2.09. The van der Waals surface area contributed by atoms with E-state index in [1.165, 1.54) is 0 Å². The number of carbonyl (C=O) groups excluding carboxylic acids is 1. The van der Waals surface area contributed by atoms with Crippen molar-refractivity contribution in [2.24, 2.45) is 0 Å². The number of hydrogen-bond donors (Lipinski definition) is 0. The Morgan fingerprint density at radius 3 is 2.53 bits per heavy atom. The van der Waals surface area contributed by atoms with E-state index in [-0.39, 0.29) is 15.9 Å². The Morgan fingerprint density at radius 2 is 2.00 bits per heavy atom. The fourth-order valence-corrected chi connectivity index (χ4v) is 4.40. The minimum Gasteiger partial charge on any atom is -0.302 e.